The first-order valence-corrected chi connectivity index (χ1v) is 8.31. The zero-order valence-electron chi connectivity index (χ0n) is 13.5. The lowest BCUT2D eigenvalue weighted by Crippen LogP contribution is -2.21. The topological polar surface area (TPSA) is 26.3 Å². The van der Waals surface area contributed by atoms with Gasteiger partial charge in [-0.05, 0) is 19.3 Å². The molecule has 2 nitrogen and oxygen atoms in total. The van der Waals surface area contributed by atoms with Crippen LogP contribution >= 0.6 is 0 Å². The van der Waals surface area contributed by atoms with Crippen molar-refractivity contribution in [2.75, 3.05) is 0 Å². The van der Waals surface area contributed by atoms with E-state index in [2.05, 4.69) is 20.8 Å². The fraction of sp³-hybridized carbons (Fsp3) is 0.941. The van der Waals surface area contributed by atoms with Crippen molar-refractivity contribution in [3.63, 3.8) is 0 Å². The fourth-order valence-corrected chi connectivity index (χ4v) is 2.12. The summed E-state index contributed by atoms with van der Waals surface area (Å²) in [5, 5.41) is 0. The first-order valence-electron chi connectivity index (χ1n) is 8.31. The van der Waals surface area contributed by atoms with E-state index in [0.717, 1.165) is 12.8 Å². The third-order valence-corrected chi connectivity index (χ3v) is 4.00. The van der Waals surface area contributed by atoms with Crippen molar-refractivity contribution < 1.29 is 9.53 Å². The number of rotatable bonds is 12. The fourth-order valence-electron chi connectivity index (χ4n) is 2.12. The first kappa shape index (κ1) is 18.5. The summed E-state index contributed by atoms with van der Waals surface area (Å²) in [4.78, 5) is 11.6. The highest BCUT2D eigenvalue weighted by atomic mass is 16.5. The Morgan fingerprint density at radius 2 is 1.42 bits per heavy atom. The van der Waals surface area contributed by atoms with Crippen LogP contribution in [0.4, 0.5) is 0 Å². The van der Waals surface area contributed by atoms with Crippen LogP contribution in [0.3, 0.4) is 0 Å². The smallest absolute Gasteiger partial charge is 0.306 e. The molecule has 0 aromatic carbocycles. The summed E-state index contributed by atoms with van der Waals surface area (Å²) in [5.74, 6) is 0.446. The number of ether oxygens (including phenoxy) is 1. The highest BCUT2D eigenvalue weighted by Gasteiger charge is 2.14. The minimum absolute atomic E-state index is 0.0150. The van der Waals surface area contributed by atoms with Crippen LogP contribution in [0.5, 0.6) is 0 Å². The van der Waals surface area contributed by atoms with Crippen LogP contribution < -0.4 is 0 Å². The SMILES string of the molecule is CCCCCCCCCCC(=O)OC(C)C(C)CC. The van der Waals surface area contributed by atoms with Crippen molar-refractivity contribution in [2.24, 2.45) is 5.92 Å². The normalized spacial score (nSPS) is 14.1. The van der Waals surface area contributed by atoms with Crippen molar-refractivity contribution in [1.82, 2.24) is 0 Å². The van der Waals surface area contributed by atoms with Gasteiger partial charge in [0.15, 0.2) is 0 Å². The first-order chi connectivity index (χ1) is 9.11. The maximum Gasteiger partial charge on any atom is 0.306 e. The molecule has 2 atom stereocenters. The van der Waals surface area contributed by atoms with E-state index in [4.69, 9.17) is 4.74 Å². The van der Waals surface area contributed by atoms with E-state index >= 15 is 0 Å². The largest absolute Gasteiger partial charge is 0.462 e. The van der Waals surface area contributed by atoms with E-state index in [1.807, 2.05) is 6.92 Å². The maximum atomic E-state index is 11.6. The van der Waals surface area contributed by atoms with Gasteiger partial charge in [-0.2, -0.15) is 0 Å². The molecule has 19 heavy (non-hydrogen) atoms. The Morgan fingerprint density at radius 3 is 1.95 bits per heavy atom. The second kappa shape index (κ2) is 12.5. The molecule has 0 bridgehead atoms. The van der Waals surface area contributed by atoms with Gasteiger partial charge in [-0.1, -0.05) is 72.1 Å². The quantitative estimate of drug-likeness (QED) is 0.346. The molecule has 0 aliphatic heterocycles. The highest BCUT2D eigenvalue weighted by molar-refractivity contribution is 5.69. The van der Waals surface area contributed by atoms with Crippen LogP contribution in [0.1, 0.15) is 91.9 Å². The molecule has 0 rings (SSSR count). The molecular weight excluding hydrogens is 236 g/mol. The summed E-state index contributed by atoms with van der Waals surface area (Å²) in [6.07, 6.45) is 11.8. The molecule has 0 radical (unpaired) electrons. The monoisotopic (exact) mass is 270 g/mol. The maximum absolute atomic E-state index is 11.6. The Bertz CT molecular complexity index is 213. The van der Waals surface area contributed by atoms with Crippen LogP contribution in [0.2, 0.25) is 0 Å². The molecule has 0 amide bonds. The van der Waals surface area contributed by atoms with Crippen molar-refractivity contribution in [2.45, 2.75) is 98.0 Å². The highest BCUT2D eigenvalue weighted by Crippen LogP contribution is 2.13. The van der Waals surface area contributed by atoms with Gasteiger partial charge in [0, 0.05) is 6.42 Å². The van der Waals surface area contributed by atoms with E-state index in [-0.39, 0.29) is 12.1 Å². The van der Waals surface area contributed by atoms with Gasteiger partial charge < -0.3 is 4.74 Å². The molecule has 0 aliphatic carbocycles. The Kier molecular flexibility index (Phi) is 12.2. The standard InChI is InChI=1S/C17H34O2/c1-5-7-8-9-10-11-12-13-14-17(18)19-16(4)15(3)6-2/h15-16H,5-14H2,1-4H3. The van der Waals surface area contributed by atoms with E-state index in [1.165, 1.54) is 44.9 Å². The zero-order valence-corrected chi connectivity index (χ0v) is 13.5. The third-order valence-electron chi connectivity index (χ3n) is 4.00. The van der Waals surface area contributed by atoms with Crippen molar-refractivity contribution in [1.29, 1.82) is 0 Å². The average Bonchev–Trinajstić information content (AvgIpc) is 2.40. The lowest BCUT2D eigenvalue weighted by atomic mass is 10.0. The molecule has 0 N–H and O–H groups in total. The van der Waals surface area contributed by atoms with Gasteiger partial charge in [0.2, 0.25) is 0 Å². The summed E-state index contributed by atoms with van der Waals surface area (Å²) in [7, 11) is 0. The van der Waals surface area contributed by atoms with Gasteiger partial charge in [0.1, 0.15) is 6.10 Å². The second-order valence-electron chi connectivity index (χ2n) is 5.81. The Balaban J connectivity index is 3.38. The summed E-state index contributed by atoms with van der Waals surface area (Å²) in [6.45, 7) is 8.51. The number of esters is 1. The van der Waals surface area contributed by atoms with E-state index in [9.17, 15) is 4.79 Å². The van der Waals surface area contributed by atoms with Crippen LogP contribution in [0.15, 0.2) is 0 Å². The van der Waals surface area contributed by atoms with Crippen LogP contribution in [0, 0.1) is 5.92 Å². The number of carbonyl (C=O) groups is 1. The number of hydrogen-bond donors (Lipinski definition) is 0. The molecule has 0 saturated heterocycles. The van der Waals surface area contributed by atoms with Gasteiger partial charge in [-0.3, -0.25) is 4.79 Å². The summed E-state index contributed by atoms with van der Waals surface area (Å²) < 4.78 is 5.42. The Labute approximate surface area is 120 Å². The lowest BCUT2D eigenvalue weighted by Gasteiger charge is -2.18. The van der Waals surface area contributed by atoms with Gasteiger partial charge in [0.25, 0.3) is 0 Å². The van der Waals surface area contributed by atoms with Crippen LogP contribution in [-0.2, 0) is 9.53 Å². The molecule has 0 aromatic rings. The Hall–Kier alpha value is -0.530. The summed E-state index contributed by atoms with van der Waals surface area (Å²) in [5.41, 5.74) is 0. The molecule has 2 heteroatoms. The van der Waals surface area contributed by atoms with E-state index in [1.54, 1.807) is 0 Å². The van der Waals surface area contributed by atoms with Crippen molar-refractivity contribution in [3.05, 3.63) is 0 Å². The van der Waals surface area contributed by atoms with Gasteiger partial charge in [-0.25, -0.2) is 0 Å². The number of unbranched alkanes of at least 4 members (excludes halogenated alkanes) is 7. The molecule has 0 spiro atoms. The predicted octanol–water partition coefficient (Wildman–Crippen LogP) is 5.50. The number of hydrogen-bond acceptors (Lipinski definition) is 2. The third kappa shape index (κ3) is 11.0. The molecule has 0 heterocycles. The minimum atomic E-state index is -0.0150. The van der Waals surface area contributed by atoms with Crippen molar-refractivity contribution >= 4 is 5.97 Å². The molecular formula is C17H34O2. The van der Waals surface area contributed by atoms with Gasteiger partial charge >= 0.3 is 5.97 Å². The second-order valence-corrected chi connectivity index (χ2v) is 5.81. The average molecular weight is 270 g/mol. The molecule has 0 aliphatic rings. The van der Waals surface area contributed by atoms with Gasteiger partial charge in [-0.15, -0.1) is 0 Å². The minimum Gasteiger partial charge on any atom is -0.462 e. The lowest BCUT2D eigenvalue weighted by molar-refractivity contribution is -0.150. The summed E-state index contributed by atoms with van der Waals surface area (Å²) >= 11 is 0. The Morgan fingerprint density at radius 1 is 0.895 bits per heavy atom. The van der Waals surface area contributed by atoms with Crippen molar-refractivity contribution in [3.8, 4) is 0 Å². The molecule has 114 valence electrons. The number of carbonyl (C=O) groups excluding carboxylic acids is 1. The van der Waals surface area contributed by atoms with Crippen LogP contribution in [0.25, 0.3) is 0 Å². The molecule has 2 unspecified atom stereocenters. The molecule has 0 fully saturated rings. The van der Waals surface area contributed by atoms with Gasteiger partial charge in [0.05, 0.1) is 0 Å². The molecule has 0 aromatic heterocycles. The predicted molar refractivity (Wildman–Crippen MR) is 82.2 cm³/mol. The zero-order chi connectivity index (χ0) is 14.5. The van der Waals surface area contributed by atoms with E-state index in [0.29, 0.717) is 12.3 Å². The van der Waals surface area contributed by atoms with Crippen LogP contribution in [-0.4, -0.2) is 12.1 Å². The van der Waals surface area contributed by atoms with E-state index < -0.39 is 0 Å². The summed E-state index contributed by atoms with van der Waals surface area (Å²) in [6, 6.07) is 0. The molecule has 0 saturated carbocycles.